The van der Waals surface area contributed by atoms with Gasteiger partial charge in [-0.15, -0.1) is 0 Å². The Morgan fingerprint density at radius 2 is 0.739 bits per heavy atom. The molecule has 0 aromatic rings. The van der Waals surface area contributed by atoms with Gasteiger partial charge in [0, 0.05) is 0 Å². The highest BCUT2D eigenvalue weighted by atomic mass is 14.5. The van der Waals surface area contributed by atoms with Crippen LogP contribution in [0.25, 0.3) is 0 Å². The molecule has 0 bridgehead atoms. The predicted octanol–water partition coefficient (Wildman–Crippen LogP) is 6.44. The molecule has 0 heterocycles. The molecule has 0 rings (SSSR count). The van der Waals surface area contributed by atoms with Gasteiger partial charge in [-0.05, 0) is 32.0 Å². The Hall–Kier alpha value is -0.500. The first-order chi connectivity index (χ1) is 11.4. The highest BCUT2D eigenvalue weighted by Crippen LogP contribution is 2.14. The molecule has 0 aliphatic carbocycles. The van der Waals surface area contributed by atoms with Crippen LogP contribution in [0.5, 0.6) is 0 Å². The number of rotatable bonds is 19. The first kappa shape index (κ1) is 22.5. The normalized spacial score (nSPS) is 11.5. The highest BCUT2D eigenvalue weighted by molar-refractivity contribution is 4.74. The molecule has 4 N–H and O–H groups in total. The van der Waals surface area contributed by atoms with Crippen molar-refractivity contribution in [3.63, 3.8) is 0 Å². The molecule has 0 spiro atoms. The van der Waals surface area contributed by atoms with E-state index >= 15 is 0 Å². The standard InChI is InChI=1S/C21H44N2/c22-20-18-16-14-12-10-8-6-4-2-1-3-5-7-9-11-13-15-17-19-21-23/h18,20H,1-17,19,21-23H2. The topological polar surface area (TPSA) is 52.0 Å². The van der Waals surface area contributed by atoms with Crippen LogP contribution >= 0.6 is 0 Å². The molecule has 2 heteroatoms. The molecule has 0 unspecified atom stereocenters. The lowest BCUT2D eigenvalue weighted by Gasteiger charge is -2.03. The van der Waals surface area contributed by atoms with Gasteiger partial charge in [-0.25, -0.2) is 0 Å². The van der Waals surface area contributed by atoms with Crippen LogP contribution in [0.1, 0.15) is 116 Å². The monoisotopic (exact) mass is 324 g/mol. The van der Waals surface area contributed by atoms with Gasteiger partial charge in [0.1, 0.15) is 0 Å². The van der Waals surface area contributed by atoms with Gasteiger partial charge in [0.15, 0.2) is 0 Å². The van der Waals surface area contributed by atoms with E-state index < -0.39 is 0 Å². The molecule has 23 heavy (non-hydrogen) atoms. The second-order valence-corrected chi connectivity index (χ2v) is 7.02. The summed E-state index contributed by atoms with van der Waals surface area (Å²) in [6, 6.07) is 0. The summed E-state index contributed by atoms with van der Waals surface area (Å²) in [5.74, 6) is 0. The minimum atomic E-state index is 0.867. The molecule has 0 amide bonds. The third-order valence-electron chi connectivity index (χ3n) is 4.71. The van der Waals surface area contributed by atoms with Crippen LogP contribution in [0.15, 0.2) is 12.3 Å². The minimum absolute atomic E-state index is 0.867. The van der Waals surface area contributed by atoms with Crippen molar-refractivity contribution in [3.8, 4) is 0 Å². The van der Waals surface area contributed by atoms with E-state index in [1.165, 1.54) is 109 Å². The van der Waals surface area contributed by atoms with Crippen LogP contribution in [0, 0.1) is 0 Å². The molecule has 138 valence electrons. The quantitative estimate of drug-likeness (QED) is 0.269. The number of nitrogens with two attached hydrogens (primary N) is 2. The minimum Gasteiger partial charge on any atom is -0.405 e. The maximum Gasteiger partial charge on any atom is -0.00773 e. The average molecular weight is 325 g/mol. The van der Waals surface area contributed by atoms with E-state index in [0.29, 0.717) is 0 Å². The molecule has 0 radical (unpaired) electrons. The predicted molar refractivity (Wildman–Crippen MR) is 105 cm³/mol. The van der Waals surface area contributed by atoms with E-state index in [-0.39, 0.29) is 0 Å². The van der Waals surface area contributed by atoms with Crippen LogP contribution in [-0.4, -0.2) is 6.54 Å². The zero-order valence-corrected chi connectivity index (χ0v) is 15.7. The van der Waals surface area contributed by atoms with Gasteiger partial charge in [0.25, 0.3) is 0 Å². The average Bonchev–Trinajstić information content (AvgIpc) is 2.57. The van der Waals surface area contributed by atoms with Gasteiger partial charge in [0.05, 0.1) is 0 Å². The van der Waals surface area contributed by atoms with Gasteiger partial charge >= 0.3 is 0 Å². The second-order valence-electron chi connectivity index (χ2n) is 7.02. The largest absolute Gasteiger partial charge is 0.405 e. The van der Waals surface area contributed by atoms with Gasteiger partial charge in [-0.2, -0.15) is 0 Å². The van der Waals surface area contributed by atoms with Crippen molar-refractivity contribution >= 4 is 0 Å². The lowest BCUT2D eigenvalue weighted by Crippen LogP contribution is -1.97. The van der Waals surface area contributed by atoms with Gasteiger partial charge in [-0.1, -0.05) is 102 Å². The van der Waals surface area contributed by atoms with Crippen molar-refractivity contribution in [1.29, 1.82) is 0 Å². The van der Waals surface area contributed by atoms with E-state index in [0.717, 1.165) is 13.0 Å². The van der Waals surface area contributed by atoms with E-state index in [1.54, 1.807) is 6.20 Å². The molecule has 0 aromatic heterocycles. The van der Waals surface area contributed by atoms with Crippen LogP contribution in [0.2, 0.25) is 0 Å². The SMILES string of the molecule is NC=CCCCCCCCCCCCCCCCCCCCN. The van der Waals surface area contributed by atoms with E-state index in [2.05, 4.69) is 6.08 Å². The van der Waals surface area contributed by atoms with Gasteiger partial charge in [0.2, 0.25) is 0 Å². The lowest BCUT2D eigenvalue weighted by atomic mass is 10.0. The summed E-state index contributed by atoms with van der Waals surface area (Å²) in [5.41, 5.74) is 10.8. The van der Waals surface area contributed by atoms with Crippen LogP contribution in [-0.2, 0) is 0 Å². The molecule has 0 atom stereocenters. The third-order valence-corrected chi connectivity index (χ3v) is 4.71. The van der Waals surface area contributed by atoms with E-state index in [1.807, 2.05) is 0 Å². The van der Waals surface area contributed by atoms with Crippen LogP contribution in [0.4, 0.5) is 0 Å². The van der Waals surface area contributed by atoms with Gasteiger partial charge < -0.3 is 11.5 Å². The molecular weight excluding hydrogens is 280 g/mol. The molecule has 0 aliphatic rings. The third kappa shape index (κ3) is 21.5. The summed E-state index contributed by atoms with van der Waals surface area (Å²) in [7, 11) is 0. The maximum atomic E-state index is 5.50. The van der Waals surface area contributed by atoms with Crippen molar-refractivity contribution < 1.29 is 0 Å². The summed E-state index contributed by atoms with van der Waals surface area (Å²) in [4.78, 5) is 0. The molecule has 0 aliphatic heterocycles. The van der Waals surface area contributed by atoms with Crippen molar-refractivity contribution in [1.82, 2.24) is 0 Å². The Morgan fingerprint density at radius 3 is 1.04 bits per heavy atom. The molecule has 0 saturated heterocycles. The van der Waals surface area contributed by atoms with Crippen molar-refractivity contribution in [2.75, 3.05) is 6.54 Å². The van der Waals surface area contributed by atoms with Crippen LogP contribution < -0.4 is 11.5 Å². The first-order valence-corrected chi connectivity index (χ1v) is 10.5. The Bertz CT molecular complexity index is 226. The maximum absolute atomic E-state index is 5.50. The summed E-state index contributed by atoms with van der Waals surface area (Å²) in [6.07, 6.45) is 28.8. The summed E-state index contributed by atoms with van der Waals surface area (Å²) >= 11 is 0. The Labute approximate surface area is 146 Å². The summed E-state index contributed by atoms with van der Waals surface area (Å²) in [5, 5.41) is 0. The van der Waals surface area contributed by atoms with E-state index in [9.17, 15) is 0 Å². The molecule has 0 fully saturated rings. The summed E-state index contributed by atoms with van der Waals surface area (Å²) < 4.78 is 0. The van der Waals surface area contributed by atoms with E-state index in [4.69, 9.17) is 11.5 Å². The Kier molecular flexibility index (Phi) is 21.0. The van der Waals surface area contributed by atoms with Crippen molar-refractivity contribution in [2.24, 2.45) is 11.5 Å². The fourth-order valence-corrected chi connectivity index (χ4v) is 3.15. The Balaban J connectivity index is 2.95. The first-order valence-electron chi connectivity index (χ1n) is 10.5. The summed E-state index contributed by atoms with van der Waals surface area (Å²) in [6.45, 7) is 0.867. The number of hydrogen-bond acceptors (Lipinski definition) is 2. The van der Waals surface area contributed by atoms with Crippen LogP contribution in [0.3, 0.4) is 0 Å². The number of hydrogen-bond donors (Lipinski definition) is 2. The molecule has 0 saturated carbocycles. The number of allylic oxidation sites excluding steroid dienone is 1. The van der Waals surface area contributed by atoms with Crippen molar-refractivity contribution in [3.05, 3.63) is 12.3 Å². The van der Waals surface area contributed by atoms with Crippen molar-refractivity contribution in [2.45, 2.75) is 116 Å². The zero-order chi connectivity index (χ0) is 16.8. The smallest absolute Gasteiger partial charge is 0.00773 e. The lowest BCUT2D eigenvalue weighted by molar-refractivity contribution is 0.526. The molecule has 2 nitrogen and oxygen atoms in total. The second kappa shape index (κ2) is 21.5. The molecular formula is C21H44N2. The molecule has 0 aromatic carbocycles. The number of unbranched alkanes of at least 4 members (excludes halogenated alkanes) is 17. The Morgan fingerprint density at radius 1 is 0.435 bits per heavy atom. The highest BCUT2D eigenvalue weighted by Gasteiger charge is 1.94. The van der Waals surface area contributed by atoms with Gasteiger partial charge in [-0.3, -0.25) is 0 Å². The zero-order valence-electron chi connectivity index (χ0n) is 15.7. The fraction of sp³-hybridized carbons (Fsp3) is 0.905. The fourth-order valence-electron chi connectivity index (χ4n) is 3.15.